The first-order chi connectivity index (χ1) is 11.5. The highest BCUT2D eigenvalue weighted by atomic mass is 35.5. The SMILES string of the molecule is O=C(NCCSCc1ccccc1F)c1cc([N+](=O)[O-])ccc1Cl. The molecule has 8 heteroatoms. The summed E-state index contributed by atoms with van der Waals surface area (Å²) in [7, 11) is 0. The number of nitro benzene ring substituents is 1. The average Bonchev–Trinajstić information content (AvgIpc) is 2.56. The number of benzene rings is 2. The maximum absolute atomic E-state index is 13.4. The molecule has 0 atom stereocenters. The minimum absolute atomic E-state index is 0.0602. The number of nitrogens with one attached hydrogen (secondary N) is 1. The van der Waals surface area contributed by atoms with Gasteiger partial charge in [0.15, 0.2) is 0 Å². The second kappa shape index (κ2) is 8.65. The van der Waals surface area contributed by atoms with Crippen molar-refractivity contribution in [1.82, 2.24) is 5.32 Å². The standard InChI is InChI=1S/C16H14ClFN2O3S/c17-14-6-5-12(20(22)23)9-13(14)16(21)19-7-8-24-10-11-3-1-2-4-15(11)18/h1-6,9H,7-8,10H2,(H,19,21). The van der Waals surface area contributed by atoms with Crippen LogP contribution in [0.15, 0.2) is 42.5 Å². The monoisotopic (exact) mass is 368 g/mol. The Bertz CT molecular complexity index is 758. The number of carbonyl (C=O) groups is 1. The maximum atomic E-state index is 13.4. The number of carbonyl (C=O) groups excluding carboxylic acids is 1. The van der Waals surface area contributed by atoms with Crippen molar-refractivity contribution in [3.8, 4) is 0 Å². The van der Waals surface area contributed by atoms with Crippen LogP contribution in [0.5, 0.6) is 0 Å². The minimum Gasteiger partial charge on any atom is -0.351 e. The van der Waals surface area contributed by atoms with Gasteiger partial charge in [0.05, 0.1) is 15.5 Å². The van der Waals surface area contributed by atoms with E-state index in [1.54, 1.807) is 18.2 Å². The summed E-state index contributed by atoms with van der Waals surface area (Å²) in [6.07, 6.45) is 0. The molecule has 0 radical (unpaired) electrons. The van der Waals surface area contributed by atoms with Crippen molar-refractivity contribution in [2.24, 2.45) is 0 Å². The third-order valence-corrected chi connectivity index (χ3v) is 4.49. The summed E-state index contributed by atoms with van der Waals surface area (Å²) in [6.45, 7) is 0.344. The summed E-state index contributed by atoms with van der Waals surface area (Å²) in [5, 5.41) is 13.5. The molecule has 1 amide bonds. The summed E-state index contributed by atoms with van der Waals surface area (Å²) in [5.41, 5.74) is 0.471. The Morgan fingerprint density at radius 1 is 1.29 bits per heavy atom. The minimum atomic E-state index is -0.586. The number of nitrogens with zero attached hydrogens (tertiary/aromatic N) is 1. The first kappa shape index (κ1) is 18.2. The van der Waals surface area contributed by atoms with Crippen LogP contribution in [-0.2, 0) is 5.75 Å². The molecule has 0 saturated carbocycles. The molecule has 126 valence electrons. The van der Waals surface area contributed by atoms with E-state index in [1.807, 2.05) is 0 Å². The first-order valence-corrected chi connectivity index (χ1v) is 8.55. The maximum Gasteiger partial charge on any atom is 0.270 e. The van der Waals surface area contributed by atoms with E-state index in [-0.39, 0.29) is 22.1 Å². The van der Waals surface area contributed by atoms with Crippen molar-refractivity contribution < 1.29 is 14.1 Å². The van der Waals surface area contributed by atoms with Gasteiger partial charge in [0, 0.05) is 30.2 Å². The number of hydrogen-bond acceptors (Lipinski definition) is 4. The summed E-state index contributed by atoms with van der Waals surface area (Å²) in [4.78, 5) is 22.2. The molecule has 5 nitrogen and oxygen atoms in total. The lowest BCUT2D eigenvalue weighted by molar-refractivity contribution is -0.384. The van der Waals surface area contributed by atoms with Gasteiger partial charge >= 0.3 is 0 Å². The van der Waals surface area contributed by atoms with Gasteiger partial charge in [0.2, 0.25) is 0 Å². The van der Waals surface area contributed by atoms with Gasteiger partial charge in [-0.3, -0.25) is 14.9 Å². The van der Waals surface area contributed by atoms with Gasteiger partial charge in [-0.2, -0.15) is 11.8 Å². The highest BCUT2D eigenvalue weighted by molar-refractivity contribution is 7.98. The fourth-order valence-electron chi connectivity index (χ4n) is 1.93. The van der Waals surface area contributed by atoms with E-state index in [2.05, 4.69) is 5.32 Å². The molecule has 0 saturated heterocycles. The predicted molar refractivity (Wildman–Crippen MR) is 93.0 cm³/mol. The smallest absolute Gasteiger partial charge is 0.270 e. The van der Waals surface area contributed by atoms with Gasteiger partial charge in [0.1, 0.15) is 5.82 Å². The zero-order chi connectivity index (χ0) is 17.5. The van der Waals surface area contributed by atoms with Crippen LogP contribution in [0.2, 0.25) is 5.02 Å². The lowest BCUT2D eigenvalue weighted by Gasteiger charge is -2.07. The van der Waals surface area contributed by atoms with Gasteiger partial charge < -0.3 is 5.32 Å². The Kier molecular flexibility index (Phi) is 6.57. The fraction of sp³-hybridized carbons (Fsp3) is 0.188. The van der Waals surface area contributed by atoms with Gasteiger partial charge in [-0.25, -0.2) is 4.39 Å². The van der Waals surface area contributed by atoms with Crippen molar-refractivity contribution in [3.05, 3.63) is 74.5 Å². The number of amides is 1. The molecule has 24 heavy (non-hydrogen) atoms. The molecule has 0 aliphatic heterocycles. The molecule has 0 heterocycles. The molecular formula is C16H14ClFN2O3S. The molecule has 1 N–H and O–H groups in total. The second-order valence-corrected chi connectivity index (χ2v) is 6.33. The van der Waals surface area contributed by atoms with Gasteiger partial charge in [0.25, 0.3) is 11.6 Å². The predicted octanol–water partition coefficient (Wildman–Crippen LogP) is 4.05. The number of nitro groups is 1. The van der Waals surface area contributed by atoms with E-state index in [0.717, 1.165) is 6.07 Å². The van der Waals surface area contributed by atoms with Crippen molar-refractivity contribution >= 4 is 35.0 Å². The molecule has 0 fully saturated rings. The average molecular weight is 369 g/mol. The van der Waals surface area contributed by atoms with Crippen molar-refractivity contribution in [2.75, 3.05) is 12.3 Å². The highest BCUT2D eigenvalue weighted by Gasteiger charge is 2.15. The molecule has 2 rings (SSSR count). The molecule has 0 unspecified atom stereocenters. The summed E-state index contributed by atoms with van der Waals surface area (Å²) in [5.74, 6) is 0.347. The number of thioether (sulfide) groups is 1. The first-order valence-electron chi connectivity index (χ1n) is 7.02. The zero-order valence-electron chi connectivity index (χ0n) is 12.5. The fourth-order valence-corrected chi connectivity index (χ4v) is 2.98. The molecular weight excluding hydrogens is 355 g/mol. The number of hydrogen-bond donors (Lipinski definition) is 1. The van der Waals surface area contributed by atoms with Crippen molar-refractivity contribution in [2.45, 2.75) is 5.75 Å². The van der Waals surface area contributed by atoms with E-state index in [4.69, 9.17) is 11.6 Å². The Labute approximate surface area is 147 Å². The third kappa shape index (κ3) is 4.94. The van der Waals surface area contributed by atoms with Crippen LogP contribution in [0, 0.1) is 15.9 Å². The quantitative estimate of drug-likeness (QED) is 0.454. The largest absolute Gasteiger partial charge is 0.351 e. The summed E-state index contributed by atoms with van der Waals surface area (Å²) >= 11 is 7.38. The van der Waals surface area contributed by atoms with Gasteiger partial charge in [-0.05, 0) is 17.7 Å². The van der Waals surface area contributed by atoms with Gasteiger partial charge in [-0.15, -0.1) is 0 Å². The van der Waals surface area contributed by atoms with Crippen LogP contribution in [-0.4, -0.2) is 23.1 Å². The van der Waals surface area contributed by atoms with Crippen LogP contribution in [0.3, 0.4) is 0 Å². The van der Waals surface area contributed by atoms with Crippen LogP contribution in [0.4, 0.5) is 10.1 Å². The molecule has 0 bridgehead atoms. The Hall–Kier alpha value is -2.12. The number of rotatable bonds is 7. The molecule has 0 spiro atoms. The normalized spacial score (nSPS) is 10.4. The van der Waals surface area contributed by atoms with Crippen molar-refractivity contribution in [1.29, 1.82) is 0 Å². The third-order valence-electron chi connectivity index (χ3n) is 3.15. The molecule has 0 aliphatic rings. The van der Waals surface area contributed by atoms with E-state index in [0.29, 0.717) is 23.6 Å². The van der Waals surface area contributed by atoms with E-state index < -0.39 is 10.8 Å². The van der Waals surface area contributed by atoms with E-state index in [9.17, 15) is 19.3 Å². The molecule has 2 aromatic rings. The zero-order valence-corrected chi connectivity index (χ0v) is 14.1. The van der Waals surface area contributed by atoms with E-state index >= 15 is 0 Å². The van der Waals surface area contributed by atoms with Crippen LogP contribution < -0.4 is 5.32 Å². The Morgan fingerprint density at radius 2 is 2.04 bits per heavy atom. The molecule has 2 aromatic carbocycles. The summed E-state index contributed by atoms with van der Waals surface area (Å²) in [6, 6.07) is 10.2. The lowest BCUT2D eigenvalue weighted by atomic mass is 10.2. The molecule has 0 aromatic heterocycles. The van der Waals surface area contributed by atoms with E-state index in [1.165, 1.54) is 30.0 Å². The second-order valence-electron chi connectivity index (χ2n) is 4.82. The van der Waals surface area contributed by atoms with Gasteiger partial charge in [-0.1, -0.05) is 29.8 Å². The summed E-state index contributed by atoms with van der Waals surface area (Å²) < 4.78 is 13.4. The van der Waals surface area contributed by atoms with Crippen LogP contribution in [0.1, 0.15) is 15.9 Å². The molecule has 0 aliphatic carbocycles. The number of halogens is 2. The Balaban J connectivity index is 1.82. The Morgan fingerprint density at radius 3 is 2.75 bits per heavy atom. The highest BCUT2D eigenvalue weighted by Crippen LogP contribution is 2.22. The van der Waals surface area contributed by atoms with Crippen LogP contribution in [0.25, 0.3) is 0 Å². The van der Waals surface area contributed by atoms with Crippen LogP contribution >= 0.6 is 23.4 Å². The number of non-ortho nitro benzene ring substituents is 1. The topological polar surface area (TPSA) is 72.2 Å². The van der Waals surface area contributed by atoms with Crippen molar-refractivity contribution in [3.63, 3.8) is 0 Å². The lowest BCUT2D eigenvalue weighted by Crippen LogP contribution is -2.26.